The molecule has 8 heteroatoms. The first-order chi connectivity index (χ1) is 14.1. The van der Waals surface area contributed by atoms with Crippen molar-refractivity contribution in [2.24, 2.45) is 0 Å². The second-order valence-electron chi connectivity index (χ2n) is 6.37. The number of fused-ring (bicyclic) bond motifs is 1. The van der Waals surface area contributed by atoms with Gasteiger partial charge in [0.05, 0.1) is 7.11 Å². The number of pyridine rings is 1. The molecule has 0 bridgehead atoms. The maximum atomic E-state index is 12.7. The van der Waals surface area contributed by atoms with Gasteiger partial charge in [-0.05, 0) is 42.8 Å². The Kier molecular flexibility index (Phi) is 4.90. The third kappa shape index (κ3) is 3.64. The highest BCUT2D eigenvalue weighted by Gasteiger charge is 2.27. The number of nitrogens with one attached hydrogen (secondary N) is 1. The van der Waals surface area contributed by atoms with Crippen LogP contribution in [0, 0.1) is 6.92 Å². The lowest BCUT2D eigenvalue weighted by Gasteiger charge is -2.25. The molecule has 2 aromatic heterocycles. The molecule has 0 aliphatic carbocycles. The van der Waals surface area contributed by atoms with Gasteiger partial charge < -0.3 is 23.9 Å². The van der Waals surface area contributed by atoms with E-state index >= 15 is 0 Å². The molecule has 29 heavy (non-hydrogen) atoms. The smallest absolute Gasteiger partial charge is 0.349 e. The van der Waals surface area contributed by atoms with Gasteiger partial charge in [0.1, 0.15) is 17.9 Å². The van der Waals surface area contributed by atoms with Crippen LogP contribution in [0.2, 0.25) is 0 Å². The molecule has 3 aromatic rings. The molecule has 3 heterocycles. The average molecular weight is 394 g/mol. The minimum absolute atomic E-state index is 0.100. The predicted molar refractivity (Wildman–Crippen MR) is 104 cm³/mol. The van der Waals surface area contributed by atoms with E-state index in [1.54, 1.807) is 37.3 Å². The summed E-state index contributed by atoms with van der Waals surface area (Å²) in [6.45, 7) is 1.85. The zero-order chi connectivity index (χ0) is 20.4. The Morgan fingerprint density at radius 1 is 1.21 bits per heavy atom. The Labute approximate surface area is 166 Å². The van der Waals surface area contributed by atoms with Gasteiger partial charge in [0.2, 0.25) is 5.88 Å². The molecule has 1 unspecified atom stereocenters. The molecule has 8 nitrogen and oxygen atoms in total. The molecule has 1 aliphatic rings. The summed E-state index contributed by atoms with van der Waals surface area (Å²) in [7, 11) is 1.44. The molecule has 1 atom stereocenters. The molecule has 1 amide bonds. The zero-order valence-electron chi connectivity index (χ0n) is 15.8. The molecule has 0 radical (unpaired) electrons. The van der Waals surface area contributed by atoms with Crippen LogP contribution in [0.4, 0.5) is 5.69 Å². The maximum Gasteiger partial charge on any atom is 0.349 e. The lowest BCUT2D eigenvalue weighted by molar-refractivity contribution is 0.0723. The first-order valence-corrected chi connectivity index (χ1v) is 8.90. The van der Waals surface area contributed by atoms with E-state index < -0.39 is 17.6 Å². The number of ether oxygens (including phenoxy) is 3. The van der Waals surface area contributed by atoms with E-state index in [4.69, 9.17) is 18.6 Å². The summed E-state index contributed by atoms with van der Waals surface area (Å²) in [6.07, 6.45) is 0.944. The van der Waals surface area contributed by atoms with E-state index in [0.717, 1.165) is 0 Å². The summed E-state index contributed by atoms with van der Waals surface area (Å²) >= 11 is 0. The number of aryl methyl sites for hydroxylation is 1. The van der Waals surface area contributed by atoms with Crippen LogP contribution in [0.25, 0.3) is 0 Å². The number of amides is 1. The standard InChI is InChI=1S/C21H18N2O6/c1-12-10-16(17-11-27-14-7-3-4-8-15(14)28-17)29-21(25)18(12)19(24)23-13-6-5-9-22-20(13)26-2/h3-10,17H,11H2,1-2H3,(H,23,24). The van der Waals surface area contributed by atoms with Crippen LogP contribution in [-0.4, -0.2) is 24.6 Å². The van der Waals surface area contributed by atoms with Gasteiger partial charge in [-0.25, -0.2) is 9.78 Å². The second kappa shape index (κ2) is 7.67. The Hall–Kier alpha value is -3.81. The average Bonchev–Trinajstić information content (AvgIpc) is 2.73. The number of hydrogen-bond acceptors (Lipinski definition) is 7. The number of para-hydroxylation sites is 2. The van der Waals surface area contributed by atoms with Gasteiger partial charge in [0, 0.05) is 6.20 Å². The van der Waals surface area contributed by atoms with E-state index in [-0.39, 0.29) is 23.8 Å². The molecule has 0 saturated carbocycles. The highest BCUT2D eigenvalue weighted by atomic mass is 16.6. The predicted octanol–water partition coefficient (Wildman–Crippen LogP) is 3.12. The van der Waals surface area contributed by atoms with Crippen LogP contribution in [-0.2, 0) is 0 Å². The minimum Gasteiger partial charge on any atom is -0.485 e. The number of rotatable bonds is 4. The fourth-order valence-corrected chi connectivity index (χ4v) is 3.06. The quantitative estimate of drug-likeness (QED) is 0.726. The first kappa shape index (κ1) is 18.5. The van der Waals surface area contributed by atoms with Crippen LogP contribution < -0.4 is 25.2 Å². The fraction of sp³-hybridized carbons (Fsp3) is 0.190. The van der Waals surface area contributed by atoms with Gasteiger partial charge in [-0.15, -0.1) is 0 Å². The van der Waals surface area contributed by atoms with Crippen molar-refractivity contribution in [3.8, 4) is 17.4 Å². The summed E-state index contributed by atoms with van der Waals surface area (Å²) in [4.78, 5) is 29.2. The van der Waals surface area contributed by atoms with Crippen LogP contribution in [0.15, 0.2) is 57.9 Å². The number of nitrogens with zero attached hydrogens (tertiary/aromatic N) is 1. The second-order valence-corrected chi connectivity index (χ2v) is 6.37. The van der Waals surface area contributed by atoms with Gasteiger partial charge in [-0.1, -0.05) is 12.1 Å². The van der Waals surface area contributed by atoms with Crippen molar-refractivity contribution in [2.45, 2.75) is 13.0 Å². The van der Waals surface area contributed by atoms with Crippen LogP contribution in [0.5, 0.6) is 17.4 Å². The number of aromatic nitrogens is 1. The van der Waals surface area contributed by atoms with E-state index in [0.29, 0.717) is 22.7 Å². The number of benzene rings is 1. The van der Waals surface area contributed by atoms with E-state index in [1.807, 2.05) is 12.1 Å². The zero-order valence-corrected chi connectivity index (χ0v) is 15.8. The summed E-state index contributed by atoms with van der Waals surface area (Å²) in [6, 6.07) is 12.1. The number of carbonyl (C=O) groups excluding carboxylic acids is 1. The van der Waals surface area contributed by atoms with Crippen molar-refractivity contribution >= 4 is 11.6 Å². The third-order valence-corrected chi connectivity index (χ3v) is 4.43. The van der Waals surface area contributed by atoms with Gasteiger partial charge >= 0.3 is 5.63 Å². The molecule has 0 fully saturated rings. The van der Waals surface area contributed by atoms with Crippen LogP contribution in [0.3, 0.4) is 0 Å². The molecule has 1 N–H and O–H groups in total. The molecule has 4 rings (SSSR count). The van der Waals surface area contributed by atoms with Gasteiger partial charge in [0.15, 0.2) is 23.4 Å². The maximum absolute atomic E-state index is 12.7. The molecule has 0 spiro atoms. The molecule has 148 valence electrons. The summed E-state index contributed by atoms with van der Waals surface area (Å²) in [5.74, 6) is 1.11. The molecular weight excluding hydrogens is 376 g/mol. The monoisotopic (exact) mass is 394 g/mol. The highest BCUT2D eigenvalue weighted by molar-refractivity contribution is 6.05. The SMILES string of the molecule is COc1ncccc1NC(=O)c1c(C)cc(C2COc3ccccc3O2)oc1=O. The number of carbonyl (C=O) groups is 1. The molecular formula is C21H18N2O6. The summed E-state index contributed by atoms with van der Waals surface area (Å²) in [5, 5.41) is 2.63. The van der Waals surface area contributed by atoms with Crippen molar-refractivity contribution in [1.29, 1.82) is 0 Å². The normalized spacial score (nSPS) is 14.9. The Balaban J connectivity index is 1.59. The van der Waals surface area contributed by atoms with Crippen LogP contribution >= 0.6 is 0 Å². The topological polar surface area (TPSA) is 99.9 Å². The van der Waals surface area contributed by atoms with Crippen molar-refractivity contribution in [3.63, 3.8) is 0 Å². The Bertz CT molecular complexity index is 1120. The minimum atomic E-state index is -0.761. The van der Waals surface area contributed by atoms with E-state index in [2.05, 4.69) is 10.3 Å². The molecule has 0 saturated heterocycles. The third-order valence-electron chi connectivity index (χ3n) is 4.43. The van der Waals surface area contributed by atoms with Gasteiger partial charge in [-0.3, -0.25) is 4.79 Å². The van der Waals surface area contributed by atoms with Gasteiger partial charge in [0.25, 0.3) is 5.91 Å². The number of methoxy groups -OCH3 is 1. The lowest BCUT2D eigenvalue weighted by Crippen LogP contribution is -2.26. The Morgan fingerprint density at radius 2 is 2.00 bits per heavy atom. The van der Waals surface area contributed by atoms with Crippen LogP contribution in [0.1, 0.15) is 27.8 Å². The number of hydrogen-bond donors (Lipinski definition) is 1. The van der Waals surface area contributed by atoms with Gasteiger partial charge in [-0.2, -0.15) is 0 Å². The van der Waals surface area contributed by atoms with Crippen molar-refractivity contribution < 1.29 is 23.4 Å². The van der Waals surface area contributed by atoms with Crippen molar-refractivity contribution in [3.05, 3.63) is 76.0 Å². The first-order valence-electron chi connectivity index (χ1n) is 8.90. The molecule has 1 aliphatic heterocycles. The summed E-state index contributed by atoms with van der Waals surface area (Å²) in [5.41, 5.74) is -0.0536. The largest absolute Gasteiger partial charge is 0.485 e. The Morgan fingerprint density at radius 3 is 2.76 bits per heavy atom. The summed E-state index contributed by atoms with van der Waals surface area (Å²) < 4.78 is 22.0. The van der Waals surface area contributed by atoms with Crippen molar-refractivity contribution in [1.82, 2.24) is 4.98 Å². The highest BCUT2D eigenvalue weighted by Crippen LogP contribution is 2.35. The van der Waals surface area contributed by atoms with E-state index in [9.17, 15) is 9.59 Å². The molecule has 1 aromatic carbocycles. The fourth-order valence-electron chi connectivity index (χ4n) is 3.06. The number of anilines is 1. The lowest BCUT2D eigenvalue weighted by atomic mass is 10.1. The van der Waals surface area contributed by atoms with E-state index in [1.165, 1.54) is 13.3 Å². The van der Waals surface area contributed by atoms with Crippen molar-refractivity contribution in [2.75, 3.05) is 19.0 Å².